The van der Waals surface area contributed by atoms with E-state index in [1.54, 1.807) is 0 Å². The molecule has 2 aromatic rings. The fraction of sp³-hybridized carbons (Fsp3) is 0.450. The van der Waals surface area contributed by atoms with Gasteiger partial charge in [-0.3, -0.25) is 9.88 Å². The molecular weight excluding hydrogens is 282 g/mol. The third kappa shape index (κ3) is 1.59. The molecule has 5 atom stereocenters. The van der Waals surface area contributed by atoms with Gasteiger partial charge in [-0.15, -0.1) is 6.58 Å². The van der Waals surface area contributed by atoms with E-state index < -0.39 is 0 Å². The predicted octanol–water partition coefficient (Wildman–Crippen LogP) is 3.19. The minimum atomic E-state index is 0.0674. The molecule has 2 N–H and O–H groups in total. The van der Waals surface area contributed by atoms with Crippen LogP contribution in [0.15, 0.2) is 43.1 Å². The van der Waals surface area contributed by atoms with E-state index in [1.165, 1.54) is 35.9 Å². The molecule has 0 radical (unpaired) electrons. The Balaban J connectivity index is 1.52. The Morgan fingerprint density at radius 2 is 2.30 bits per heavy atom. The Kier molecular flexibility index (Phi) is 2.64. The molecule has 1 aromatic heterocycles. The van der Waals surface area contributed by atoms with Gasteiger partial charge in [-0.2, -0.15) is 0 Å². The number of fused-ring (bicyclic) bond motifs is 1. The molecule has 118 valence electrons. The van der Waals surface area contributed by atoms with E-state index >= 15 is 0 Å². The van der Waals surface area contributed by atoms with Crippen LogP contribution in [0.4, 0.5) is 0 Å². The van der Waals surface area contributed by atoms with Crippen molar-refractivity contribution >= 4 is 10.9 Å². The van der Waals surface area contributed by atoms with Crippen LogP contribution < -0.4 is 5.73 Å². The van der Waals surface area contributed by atoms with E-state index in [-0.39, 0.29) is 6.04 Å². The van der Waals surface area contributed by atoms with Gasteiger partial charge in [0.15, 0.2) is 0 Å². The van der Waals surface area contributed by atoms with Crippen LogP contribution in [0.5, 0.6) is 0 Å². The molecule has 5 unspecified atom stereocenters. The van der Waals surface area contributed by atoms with Crippen molar-refractivity contribution in [3.8, 4) is 0 Å². The number of piperidine rings is 1. The fourth-order valence-electron chi connectivity index (χ4n) is 5.49. The Morgan fingerprint density at radius 3 is 3.00 bits per heavy atom. The van der Waals surface area contributed by atoms with Gasteiger partial charge in [0.25, 0.3) is 0 Å². The molecule has 3 fully saturated rings. The second-order valence-corrected chi connectivity index (χ2v) is 7.55. The van der Waals surface area contributed by atoms with Crippen LogP contribution in [0, 0.1) is 18.8 Å². The van der Waals surface area contributed by atoms with E-state index in [0.29, 0.717) is 17.5 Å². The molecule has 1 aliphatic carbocycles. The highest BCUT2D eigenvalue weighted by Gasteiger charge is 2.75. The van der Waals surface area contributed by atoms with Crippen LogP contribution in [-0.2, 0) is 0 Å². The average molecular weight is 305 g/mol. The highest BCUT2D eigenvalue weighted by atomic mass is 15.4. The molecule has 3 heteroatoms. The summed E-state index contributed by atoms with van der Waals surface area (Å²) >= 11 is 0. The first-order chi connectivity index (χ1) is 11.2. The first-order valence-corrected chi connectivity index (χ1v) is 8.67. The number of pyridine rings is 1. The predicted molar refractivity (Wildman–Crippen MR) is 93.0 cm³/mol. The Hall–Kier alpha value is -1.71. The summed E-state index contributed by atoms with van der Waals surface area (Å²) in [6.07, 6.45) is 6.62. The summed E-state index contributed by atoms with van der Waals surface area (Å²) in [5.74, 6) is 1.50. The number of nitrogens with two attached hydrogens (primary N) is 1. The summed E-state index contributed by atoms with van der Waals surface area (Å²) in [6.45, 7) is 7.36. The number of benzene rings is 1. The first kappa shape index (κ1) is 13.7. The van der Waals surface area contributed by atoms with Crippen molar-refractivity contribution in [2.45, 2.75) is 37.4 Å². The highest BCUT2D eigenvalue weighted by Crippen LogP contribution is 2.70. The average Bonchev–Trinajstić information content (AvgIpc) is 3.15. The van der Waals surface area contributed by atoms with Crippen LogP contribution in [-0.4, -0.2) is 28.0 Å². The van der Waals surface area contributed by atoms with E-state index in [0.717, 1.165) is 11.4 Å². The van der Waals surface area contributed by atoms with Crippen LogP contribution in [0.2, 0.25) is 0 Å². The third-order valence-electron chi connectivity index (χ3n) is 6.69. The number of nitrogens with zero attached hydrogens (tertiary/aromatic N) is 2. The minimum absolute atomic E-state index is 0.0674. The maximum absolute atomic E-state index is 6.77. The summed E-state index contributed by atoms with van der Waals surface area (Å²) < 4.78 is 0. The van der Waals surface area contributed by atoms with Gasteiger partial charge in [0.1, 0.15) is 0 Å². The van der Waals surface area contributed by atoms with E-state index in [2.05, 4.69) is 53.7 Å². The molecule has 23 heavy (non-hydrogen) atoms. The van der Waals surface area contributed by atoms with Gasteiger partial charge < -0.3 is 5.73 Å². The normalized spacial score (nSPS) is 36.2. The minimum Gasteiger partial charge on any atom is -0.323 e. The van der Waals surface area contributed by atoms with Gasteiger partial charge >= 0.3 is 0 Å². The third-order valence-corrected chi connectivity index (χ3v) is 6.69. The zero-order valence-electron chi connectivity index (χ0n) is 13.6. The molecule has 1 aromatic carbocycles. The van der Waals surface area contributed by atoms with Crippen LogP contribution in [0.25, 0.3) is 10.9 Å². The summed E-state index contributed by atoms with van der Waals surface area (Å²) in [5, 5.41) is 1.22. The van der Waals surface area contributed by atoms with Gasteiger partial charge in [0.2, 0.25) is 0 Å². The Labute approximate surface area is 137 Å². The SMILES string of the molecule is C=CC1C2CC(C(N)c3ccnc4ccc(C)cc34)N3CCC123. The molecule has 2 aliphatic heterocycles. The van der Waals surface area contributed by atoms with Gasteiger partial charge in [-0.1, -0.05) is 17.7 Å². The van der Waals surface area contributed by atoms with Crippen LogP contribution in [0.1, 0.15) is 30.0 Å². The van der Waals surface area contributed by atoms with Crippen LogP contribution >= 0.6 is 0 Å². The largest absolute Gasteiger partial charge is 0.323 e. The van der Waals surface area contributed by atoms with Gasteiger partial charge in [0, 0.05) is 35.8 Å². The van der Waals surface area contributed by atoms with Crippen molar-refractivity contribution < 1.29 is 0 Å². The number of hydrogen-bond acceptors (Lipinski definition) is 3. The van der Waals surface area contributed by atoms with Crippen molar-refractivity contribution in [1.82, 2.24) is 9.88 Å². The molecule has 3 heterocycles. The second kappa shape index (κ2) is 4.43. The van der Waals surface area contributed by atoms with Crippen molar-refractivity contribution in [2.75, 3.05) is 6.54 Å². The smallest absolute Gasteiger partial charge is 0.0705 e. The lowest BCUT2D eigenvalue weighted by Gasteiger charge is -2.46. The van der Waals surface area contributed by atoms with E-state index in [4.69, 9.17) is 5.73 Å². The van der Waals surface area contributed by atoms with Gasteiger partial charge in [-0.25, -0.2) is 0 Å². The Morgan fingerprint density at radius 1 is 1.43 bits per heavy atom. The zero-order valence-corrected chi connectivity index (χ0v) is 13.6. The van der Waals surface area contributed by atoms with Crippen molar-refractivity contribution in [3.63, 3.8) is 0 Å². The molecule has 2 saturated heterocycles. The summed E-state index contributed by atoms with van der Waals surface area (Å²) in [7, 11) is 0. The highest BCUT2D eigenvalue weighted by molar-refractivity contribution is 5.83. The lowest BCUT2D eigenvalue weighted by atomic mass is 9.90. The molecule has 5 rings (SSSR count). The van der Waals surface area contributed by atoms with Gasteiger partial charge in [0.05, 0.1) is 5.52 Å². The number of rotatable bonds is 3. The van der Waals surface area contributed by atoms with Gasteiger partial charge in [-0.05, 0) is 55.4 Å². The van der Waals surface area contributed by atoms with Crippen molar-refractivity contribution in [1.29, 1.82) is 0 Å². The van der Waals surface area contributed by atoms with Crippen molar-refractivity contribution in [3.05, 3.63) is 54.2 Å². The molecule has 1 saturated carbocycles. The summed E-state index contributed by atoms with van der Waals surface area (Å²) in [5.41, 5.74) is 10.8. The summed E-state index contributed by atoms with van der Waals surface area (Å²) in [6, 6.07) is 9.11. The maximum Gasteiger partial charge on any atom is 0.0705 e. The molecule has 0 amide bonds. The topological polar surface area (TPSA) is 42.1 Å². The monoisotopic (exact) mass is 305 g/mol. The molecule has 0 bridgehead atoms. The lowest BCUT2D eigenvalue weighted by Crippen LogP contribution is -2.56. The molecule has 1 spiro atoms. The standard InChI is InChI=1S/C20H23N3/c1-3-15-16-11-18(23-9-7-20(15,16)23)19(21)13-6-8-22-17-5-4-12(2)10-14(13)17/h3-6,8,10,15-16,18-19H,1,7,9,11,21H2,2H3. The van der Waals surface area contributed by atoms with E-state index in [9.17, 15) is 0 Å². The number of hydrogen-bond donors (Lipinski definition) is 1. The maximum atomic E-state index is 6.77. The lowest BCUT2D eigenvalue weighted by molar-refractivity contribution is 0.0323. The quantitative estimate of drug-likeness (QED) is 0.886. The van der Waals surface area contributed by atoms with E-state index in [1.807, 2.05) is 6.20 Å². The molecule has 3 aliphatic rings. The fourth-order valence-corrected chi connectivity index (χ4v) is 5.49. The Bertz CT molecular complexity index is 814. The molecular formula is C20H23N3. The second-order valence-electron chi connectivity index (χ2n) is 7.55. The number of aryl methyl sites for hydroxylation is 1. The molecule has 3 nitrogen and oxygen atoms in total. The first-order valence-electron chi connectivity index (χ1n) is 8.67. The zero-order chi connectivity index (χ0) is 15.8. The number of aromatic nitrogens is 1. The van der Waals surface area contributed by atoms with Crippen molar-refractivity contribution in [2.24, 2.45) is 17.6 Å². The van der Waals surface area contributed by atoms with Crippen LogP contribution in [0.3, 0.4) is 0 Å². The summed E-state index contributed by atoms with van der Waals surface area (Å²) in [4.78, 5) is 7.18.